The van der Waals surface area contributed by atoms with Crippen LogP contribution in [0.5, 0.6) is 0 Å². The number of hydrogen-bond donors (Lipinski definition) is 2. The Balaban J connectivity index is 0.00000336. The maximum absolute atomic E-state index is 14.0. The zero-order valence-corrected chi connectivity index (χ0v) is 23.8. The van der Waals surface area contributed by atoms with Gasteiger partial charge >= 0.3 is 0 Å². The Labute approximate surface area is 233 Å². The lowest BCUT2D eigenvalue weighted by atomic mass is 9.83. The van der Waals surface area contributed by atoms with Crippen molar-refractivity contribution in [3.63, 3.8) is 0 Å². The van der Waals surface area contributed by atoms with Crippen molar-refractivity contribution in [3.05, 3.63) is 106 Å². The summed E-state index contributed by atoms with van der Waals surface area (Å²) in [4.78, 5) is 14.0. The van der Waals surface area contributed by atoms with E-state index >= 15 is 0 Å². The SMILES string of the molecule is Cc1ccc(C(c2ccc(C)cc2)c2c(C(=O)NC(C)C)n(CCC3CCCN3)c3ccccc23)cc1.Cl. The average Bonchev–Trinajstić information content (AvgIpc) is 3.51. The van der Waals surface area contributed by atoms with E-state index in [0.717, 1.165) is 41.7 Å². The minimum absolute atomic E-state index is 0. The van der Waals surface area contributed by atoms with E-state index in [0.29, 0.717) is 6.04 Å². The first-order valence-corrected chi connectivity index (χ1v) is 13.7. The molecule has 1 unspecified atom stereocenters. The molecule has 0 radical (unpaired) electrons. The highest BCUT2D eigenvalue weighted by molar-refractivity contribution is 6.03. The third-order valence-electron chi connectivity index (χ3n) is 7.62. The summed E-state index contributed by atoms with van der Waals surface area (Å²) in [6.07, 6.45) is 3.45. The first kappa shape index (κ1) is 27.9. The highest BCUT2D eigenvalue weighted by atomic mass is 35.5. The van der Waals surface area contributed by atoms with Crippen molar-refractivity contribution < 1.29 is 4.79 Å². The quantitative estimate of drug-likeness (QED) is 0.255. The second-order valence-corrected chi connectivity index (χ2v) is 10.9. The van der Waals surface area contributed by atoms with Crippen molar-refractivity contribution in [1.82, 2.24) is 15.2 Å². The Morgan fingerprint density at radius 1 is 0.947 bits per heavy atom. The van der Waals surface area contributed by atoms with Crippen LogP contribution in [0.2, 0.25) is 0 Å². The van der Waals surface area contributed by atoms with Crippen LogP contribution in [0.3, 0.4) is 0 Å². The number of carbonyl (C=O) groups is 1. The Morgan fingerprint density at radius 3 is 2.11 bits per heavy atom. The van der Waals surface area contributed by atoms with Gasteiger partial charge in [0.1, 0.15) is 5.69 Å². The van der Waals surface area contributed by atoms with Gasteiger partial charge in [-0.1, -0.05) is 77.9 Å². The van der Waals surface area contributed by atoms with Crippen LogP contribution in [0, 0.1) is 13.8 Å². The minimum Gasteiger partial charge on any atom is -0.349 e. The fourth-order valence-corrected chi connectivity index (χ4v) is 5.76. The zero-order chi connectivity index (χ0) is 25.9. The molecule has 1 amide bonds. The largest absolute Gasteiger partial charge is 0.349 e. The maximum Gasteiger partial charge on any atom is 0.268 e. The predicted octanol–water partition coefficient (Wildman–Crippen LogP) is 7.14. The van der Waals surface area contributed by atoms with Gasteiger partial charge in [0, 0.05) is 41.0 Å². The van der Waals surface area contributed by atoms with Gasteiger partial charge in [-0.2, -0.15) is 0 Å². The summed E-state index contributed by atoms with van der Waals surface area (Å²) in [5, 5.41) is 8.02. The van der Waals surface area contributed by atoms with Crippen LogP contribution in [-0.2, 0) is 6.54 Å². The summed E-state index contributed by atoms with van der Waals surface area (Å²) in [7, 11) is 0. The van der Waals surface area contributed by atoms with Crippen molar-refractivity contribution in [1.29, 1.82) is 0 Å². The van der Waals surface area contributed by atoms with Crippen LogP contribution < -0.4 is 10.6 Å². The maximum atomic E-state index is 14.0. The minimum atomic E-state index is -0.0510. The highest BCUT2D eigenvalue weighted by Crippen LogP contribution is 2.40. The molecule has 1 aromatic heterocycles. The van der Waals surface area contributed by atoms with E-state index in [1.165, 1.54) is 35.1 Å². The number of aryl methyl sites for hydroxylation is 3. The number of aromatic nitrogens is 1. The van der Waals surface area contributed by atoms with Crippen LogP contribution in [0.1, 0.15) is 77.3 Å². The van der Waals surface area contributed by atoms with E-state index in [4.69, 9.17) is 0 Å². The third-order valence-corrected chi connectivity index (χ3v) is 7.62. The van der Waals surface area contributed by atoms with E-state index in [9.17, 15) is 4.79 Å². The Hall–Kier alpha value is -3.08. The second-order valence-electron chi connectivity index (χ2n) is 10.9. The molecule has 200 valence electrons. The van der Waals surface area contributed by atoms with Crippen LogP contribution in [0.4, 0.5) is 0 Å². The van der Waals surface area contributed by atoms with Gasteiger partial charge in [0.15, 0.2) is 0 Å². The Morgan fingerprint density at radius 2 is 1.55 bits per heavy atom. The smallest absolute Gasteiger partial charge is 0.268 e. The van der Waals surface area contributed by atoms with Gasteiger partial charge in [-0.15, -0.1) is 12.4 Å². The van der Waals surface area contributed by atoms with Gasteiger partial charge in [-0.25, -0.2) is 0 Å². The van der Waals surface area contributed by atoms with E-state index in [1.807, 2.05) is 13.8 Å². The van der Waals surface area contributed by atoms with Crippen LogP contribution in [0.25, 0.3) is 10.9 Å². The summed E-state index contributed by atoms with van der Waals surface area (Å²) >= 11 is 0. The van der Waals surface area contributed by atoms with E-state index in [-0.39, 0.29) is 30.3 Å². The topological polar surface area (TPSA) is 46.1 Å². The predicted molar refractivity (Wildman–Crippen MR) is 161 cm³/mol. The highest BCUT2D eigenvalue weighted by Gasteiger charge is 2.30. The second kappa shape index (κ2) is 12.2. The lowest BCUT2D eigenvalue weighted by Gasteiger charge is -2.22. The van der Waals surface area contributed by atoms with Crippen molar-refractivity contribution in [2.75, 3.05) is 6.54 Å². The molecule has 38 heavy (non-hydrogen) atoms. The Bertz CT molecular complexity index is 1320. The average molecular weight is 530 g/mol. The van der Waals surface area contributed by atoms with Gasteiger partial charge < -0.3 is 15.2 Å². The first-order chi connectivity index (χ1) is 17.9. The molecule has 1 atom stereocenters. The van der Waals surface area contributed by atoms with Gasteiger partial charge in [0.2, 0.25) is 0 Å². The zero-order valence-electron chi connectivity index (χ0n) is 23.0. The third kappa shape index (κ3) is 5.82. The number of hydrogen-bond acceptors (Lipinski definition) is 2. The van der Waals surface area contributed by atoms with Gasteiger partial charge in [-0.05, 0) is 70.7 Å². The molecular formula is C33H40ClN3O. The lowest BCUT2D eigenvalue weighted by molar-refractivity contribution is 0.0932. The summed E-state index contributed by atoms with van der Waals surface area (Å²) in [6, 6.07) is 26.7. The summed E-state index contributed by atoms with van der Waals surface area (Å²) < 4.78 is 2.29. The molecule has 3 aromatic carbocycles. The lowest BCUT2D eigenvalue weighted by Crippen LogP contribution is -2.33. The molecule has 1 aliphatic rings. The van der Waals surface area contributed by atoms with Gasteiger partial charge in [0.05, 0.1) is 0 Å². The number of rotatable bonds is 8. The molecule has 0 bridgehead atoms. The summed E-state index contributed by atoms with van der Waals surface area (Å²) in [6.45, 7) is 10.2. The van der Waals surface area contributed by atoms with E-state index in [1.54, 1.807) is 0 Å². The molecule has 2 heterocycles. The van der Waals surface area contributed by atoms with Crippen LogP contribution >= 0.6 is 12.4 Å². The van der Waals surface area contributed by atoms with Crippen molar-refractivity contribution in [3.8, 4) is 0 Å². The van der Waals surface area contributed by atoms with E-state index in [2.05, 4.69) is 102 Å². The molecule has 1 fully saturated rings. The number of para-hydroxylation sites is 1. The molecule has 0 saturated carbocycles. The molecule has 5 rings (SSSR count). The first-order valence-electron chi connectivity index (χ1n) is 13.7. The Kier molecular flexibility index (Phi) is 8.96. The van der Waals surface area contributed by atoms with Crippen LogP contribution in [-0.4, -0.2) is 29.1 Å². The molecule has 4 nitrogen and oxygen atoms in total. The number of nitrogens with one attached hydrogen (secondary N) is 2. The number of nitrogens with zero attached hydrogens (tertiary/aromatic N) is 1. The van der Waals surface area contributed by atoms with Crippen LogP contribution in [0.15, 0.2) is 72.8 Å². The monoisotopic (exact) mass is 529 g/mol. The van der Waals surface area contributed by atoms with Gasteiger partial charge in [-0.3, -0.25) is 4.79 Å². The molecule has 0 spiro atoms. The molecule has 1 aliphatic heterocycles. The van der Waals surface area contributed by atoms with Crippen molar-refractivity contribution in [2.45, 2.75) is 71.5 Å². The number of amides is 1. The molecule has 4 aromatic rings. The molecule has 0 aliphatic carbocycles. The number of halogens is 1. The van der Waals surface area contributed by atoms with Crippen molar-refractivity contribution >= 4 is 29.2 Å². The fourth-order valence-electron chi connectivity index (χ4n) is 5.76. The molecule has 2 N–H and O–H groups in total. The summed E-state index contributed by atoms with van der Waals surface area (Å²) in [5.41, 5.74) is 7.89. The standard InChI is InChI=1S/C33H39N3O.ClH/c1-22(2)35-33(37)32-31(28-9-5-6-10-29(28)36(32)21-19-27-8-7-20-34-27)30(25-15-11-23(3)12-16-25)26-17-13-24(4)14-18-26;/h5-6,9-18,22,27,30,34H,7-8,19-21H2,1-4H3,(H,35,37);1H. The van der Waals surface area contributed by atoms with Gasteiger partial charge in [0.25, 0.3) is 5.91 Å². The van der Waals surface area contributed by atoms with Crippen molar-refractivity contribution in [2.24, 2.45) is 0 Å². The molecule has 1 saturated heterocycles. The molecule has 5 heteroatoms. The summed E-state index contributed by atoms with van der Waals surface area (Å²) in [5.74, 6) is -0.0466. The number of benzene rings is 3. The normalized spacial score (nSPS) is 15.3. The number of fused-ring (bicyclic) bond motifs is 1. The number of carbonyl (C=O) groups excluding carboxylic acids is 1. The molecular weight excluding hydrogens is 490 g/mol. The fraction of sp³-hybridized carbons (Fsp3) is 0.364. The van der Waals surface area contributed by atoms with E-state index < -0.39 is 0 Å².